The number of aromatic amines is 1. The molecule has 5 rings (SSSR count). The molecule has 30 heavy (non-hydrogen) atoms. The zero-order valence-corrected chi connectivity index (χ0v) is 16.9. The standard InChI is InChI=1S/C23H21N3O4/c1-23(2,3)19-9-14-12-5-4-6-13(16-7-8-24-25-16)20(12)30-21(14)17-10-18(27)15(22(28)29)11-26(17)19/h4-8,10-11,19H,9H2,1-3H3,(H,24,25)(H,28,29). The Labute approximate surface area is 172 Å². The molecule has 4 aromatic rings. The summed E-state index contributed by atoms with van der Waals surface area (Å²) in [5.41, 5.74) is 3.19. The van der Waals surface area contributed by atoms with Crippen LogP contribution in [0.1, 0.15) is 42.7 Å². The van der Waals surface area contributed by atoms with Gasteiger partial charge in [-0.05, 0) is 24.0 Å². The van der Waals surface area contributed by atoms with Crippen molar-refractivity contribution in [3.63, 3.8) is 0 Å². The minimum absolute atomic E-state index is 0.0321. The summed E-state index contributed by atoms with van der Waals surface area (Å²) in [5.74, 6) is -0.605. The average molecular weight is 403 g/mol. The number of aromatic carboxylic acids is 1. The lowest BCUT2D eigenvalue weighted by Gasteiger charge is -2.37. The largest absolute Gasteiger partial charge is 0.477 e. The summed E-state index contributed by atoms with van der Waals surface area (Å²) in [6.07, 6.45) is 3.82. The Morgan fingerprint density at radius 3 is 2.77 bits per heavy atom. The minimum atomic E-state index is -1.22. The quantitative estimate of drug-likeness (QED) is 0.513. The van der Waals surface area contributed by atoms with Crippen LogP contribution in [0.15, 0.2) is 51.9 Å². The SMILES string of the molecule is CC(C)(C)C1Cc2c(oc3c(-c4ccn[nH]4)cccc23)-c2cc(=O)c(C(=O)O)cn21. The molecule has 1 aromatic carbocycles. The zero-order valence-electron chi connectivity index (χ0n) is 16.9. The van der Waals surface area contributed by atoms with Crippen molar-refractivity contribution >= 4 is 16.9 Å². The van der Waals surface area contributed by atoms with Crippen LogP contribution < -0.4 is 5.43 Å². The van der Waals surface area contributed by atoms with E-state index < -0.39 is 11.4 Å². The van der Waals surface area contributed by atoms with Gasteiger partial charge in [-0.3, -0.25) is 9.89 Å². The van der Waals surface area contributed by atoms with Gasteiger partial charge < -0.3 is 14.1 Å². The number of hydrogen-bond acceptors (Lipinski definition) is 4. The number of carbonyl (C=O) groups is 1. The van der Waals surface area contributed by atoms with E-state index in [4.69, 9.17) is 4.42 Å². The van der Waals surface area contributed by atoms with Gasteiger partial charge in [-0.2, -0.15) is 5.10 Å². The average Bonchev–Trinajstić information content (AvgIpc) is 3.33. The van der Waals surface area contributed by atoms with Crippen LogP contribution in [0, 0.1) is 5.41 Å². The number of pyridine rings is 1. The summed E-state index contributed by atoms with van der Waals surface area (Å²) in [4.78, 5) is 24.1. The number of benzene rings is 1. The Balaban J connectivity index is 1.84. The fourth-order valence-corrected chi connectivity index (χ4v) is 4.36. The number of furan rings is 1. The molecule has 0 saturated carbocycles. The van der Waals surface area contributed by atoms with Crippen LogP contribution in [-0.2, 0) is 6.42 Å². The molecule has 0 spiro atoms. The van der Waals surface area contributed by atoms with Gasteiger partial charge in [-0.1, -0.05) is 32.9 Å². The Morgan fingerprint density at radius 1 is 1.30 bits per heavy atom. The van der Waals surface area contributed by atoms with Crippen LogP contribution in [0.3, 0.4) is 0 Å². The molecule has 4 heterocycles. The van der Waals surface area contributed by atoms with Gasteiger partial charge >= 0.3 is 5.97 Å². The van der Waals surface area contributed by atoms with Gasteiger partial charge in [0.05, 0.1) is 11.4 Å². The van der Waals surface area contributed by atoms with Crippen LogP contribution in [0.5, 0.6) is 0 Å². The number of para-hydroxylation sites is 1. The maximum atomic E-state index is 12.5. The molecule has 3 aromatic heterocycles. The van der Waals surface area contributed by atoms with Crippen molar-refractivity contribution in [2.24, 2.45) is 5.41 Å². The first-order valence-electron chi connectivity index (χ1n) is 9.79. The molecule has 152 valence electrons. The van der Waals surface area contributed by atoms with E-state index in [-0.39, 0.29) is 17.0 Å². The molecule has 7 nitrogen and oxygen atoms in total. The molecule has 0 saturated heterocycles. The van der Waals surface area contributed by atoms with Crippen LogP contribution in [0.4, 0.5) is 0 Å². The number of rotatable bonds is 2. The van der Waals surface area contributed by atoms with E-state index in [9.17, 15) is 14.7 Å². The highest BCUT2D eigenvalue weighted by Gasteiger charge is 2.36. The van der Waals surface area contributed by atoms with Gasteiger partial charge in [0.15, 0.2) is 11.2 Å². The topological polar surface area (TPSA) is 101 Å². The molecule has 1 unspecified atom stereocenters. The molecule has 1 aliphatic rings. The first-order chi connectivity index (χ1) is 14.3. The lowest BCUT2D eigenvalue weighted by atomic mass is 9.79. The maximum Gasteiger partial charge on any atom is 0.341 e. The molecule has 7 heteroatoms. The van der Waals surface area contributed by atoms with Crippen LogP contribution in [0.25, 0.3) is 33.7 Å². The number of H-pyrrole nitrogens is 1. The van der Waals surface area contributed by atoms with Crippen LogP contribution in [0.2, 0.25) is 0 Å². The van der Waals surface area contributed by atoms with Crippen molar-refractivity contribution in [3.05, 3.63) is 64.1 Å². The number of carboxylic acid groups (broad SMARTS) is 1. The van der Waals surface area contributed by atoms with Crippen molar-refractivity contribution < 1.29 is 14.3 Å². The number of nitrogens with one attached hydrogen (secondary N) is 1. The maximum absolute atomic E-state index is 12.5. The first kappa shape index (κ1) is 18.4. The number of fused-ring (bicyclic) bond motifs is 5. The van der Waals surface area contributed by atoms with Gasteiger partial charge in [-0.15, -0.1) is 0 Å². The van der Waals surface area contributed by atoms with E-state index in [1.54, 1.807) is 6.20 Å². The molecule has 1 aliphatic heterocycles. The van der Waals surface area contributed by atoms with Crippen molar-refractivity contribution in [2.75, 3.05) is 0 Å². The molecular formula is C23H21N3O4. The number of hydrogen-bond donors (Lipinski definition) is 2. The second kappa shape index (κ2) is 6.19. The molecular weight excluding hydrogens is 382 g/mol. The predicted molar refractivity (Wildman–Crippen MR) is 113 cm³/mol. The Morgan fingerprint density at radius 2 is 2.10 bits per heavy atom. The van der Waals surface area contributed by atoms with E-state index in [1.807, 2.05) is 28.8 Å². The first-order valence-corrected chi connectivity index (χ1v) is 9.79. The van der Waals surface area contributed by atoms with E-state index in [0.29, 0.717) is 17.9 Å². The third-order valence-corrected chi connectivity index (χ3v) is 5.88. The van der Waals surface area contributed by atoms with Gasteiger partial charge in [0.2, 0.25) is 0 Å². The Kier molecular flexibility index (Phi) is 3.80. The predicted octanol–water partition coefficient (Wildman–Crippen LogP) is 4.49. The highest BCUT2D eigenvalue weighted by Crippen LogP contribution is 2.47. The highest BCUT2D eigenvalue weighted by molar-refractivity contribution is 5.97. The van der Waals surface area contributed by atoms with Crippen LogP contribution in [-0.4, -0.2) is 25.8 Å². The molecule has 1 atom stereocenters. The summed E-state index contributed by atoms with van der Waals surface area (Å²) in [6.45, 7) is 6.34. The fourth-order valence-electron chi connectivity index (χ4n) is 4.36. The Bertz CT molecular complexity index is 1350. The summed E-state index contributed by atoms with van der Waals surface area (Å²) in [7, 11) is 0. The molecule has 2 N–H and O–H groups in total. The Hall–Kier alpha value is -3.61. The summed E-state index contributed by atoms with van der Waals surface area (Å²) >= 11 is 0. The summed E-state index contributed by atoms with van der Waals surface area (Å²) in [5, 5.41) is 17.5. The molecule has 0 radical (unpaired) electrons. The monoisotopic (exact) mass is 403 g/mol. The van der Waals surface area contributed by atoms with E-state index in [1.165, 1.54) is 12.3 Å². The molecule has 0 bridgehead atoms. The second-order valence-corrected chi connectivity index (χ2v) is 8.80. The van der Waals surface area contributed by atoms with Crippen molar-refractivity contribution in [2.45, 2.75) is 33.2 Å². The van der Waals surface area contributed by atoms with Crippen molar-refractivity contribution in [1.82, 2.24) is 14.8 Å². The molecule has 0 amide bonds. The van der Waals surface area contributed by atoms with Gasteiger partial charge in [0.1, 0.15) is 11.1 Å². The lowest BCUT2D eigenvalue weighted by Crippen LogP contribution is -2.32. The zero-order chi connectivity index (χ0) is 21.2. The summed E-state index contributed by atoms with van der Waals surface area (Å²) < 4.78 is 8.23. The van der Waals surface area contributed by atoms with Crippen molar-refractivity contribution in [3.8, 4) is 22.7 Å². The third kappa shape index (κ3) is 2.62. The van der Waals surface area contributed by atoms with Crippen molar-refractivity contribution in [1.29, 1.82) is 0 Å². The minimum Gasteiger partial charge on any atom is -0.477 e. The number of nitrogens with zero attached hydrogens (tertiary/aromatic N) is 2. The molecule has 0 fully saturated rings. The number of aromatic nitrogens is 3. The second-order valence-electron chi connectivity index (χ2n) is 8.80. The summed E-state index contributed by atoms with van der Waals surface area (Å²) in [6, 6.07) is 9.21. The lowest BCUT2D eigenvalue weighted by molar-refractivity contribution is 0.0693. The molecule has 0 aliphatic carbocycles. The van der Waals surface area contributed by atoms with E-state index >= 15 is 0 Å². The van der Waals surface area contributed by atoms with E-state index in [0.717, 1.165) is 27.8 Å². The normalized spacial score (nSPS) is 15.8. The highest BCUT2D eigenvalue weighted by atomic mass is 16.4. The number of carboxylic acids is 1. The smallest absolute Gasteiger partial charge is 0.341 e. The van der Waals surface area contributed by atoms with Crippen LogP contribution >= 0.6 is 0 Å². The van der Waals surface area contributed by atoms with E-state index in [2.05, 4.69) is 31.0 Å². The third-order valence-electron chi connectivity index (χ3n) is 5.88. The van der Waals surface area contributed by atoms with Gasteiger partial charge in [0, 0.05) is 41.0 Å². The van der Waals surface area contributed by atoms with Gasteiger partial charge in [-0.25, -0.2) is 4.79 Å². The van der Waals surface area contributed by atoms with Gasteiger partial charge in [0.25, 0.3) is 0 Å². The fraction of sp³-hybridized carbons (Fsp3) is 0.261.